The van der Waals surface area contributed by atoms with Crippen molar-refractivity contribution in [2.75, 3.05) is 0 Å². The minimum absolute atomic E-state index is 0.915. The van der Waals surface area contributed by atoms with Crippen LogP contribution in [0.5, 0.6) is 0 Å². The number of hydrogen-bond acceptors (Lipinski definition) is 0. The van der Waals surface area contributed by atoms with Gasteiger partial charge in [-0.05, 0) is 0 Å². The van der Waals surface area contributed by atoms with Gasteiger partial charge < -0.3 is 0 Å². The normalized spacial score (nSPS) is 15.9. The maximum absolute atomic E-state index is 2.54. The predicted molar refractivity (Wildman–Crippen MR) is 106 cm³/mol. The SMILES string of the molecule is Cc1ccccc1-c1c[c]([Ge]([CH3])([CH3])[CH3])c(CC2CCCC2)c[n+]1C. The second-order valence-corrected chi connectivity index (χ2v) is 19.2. The number of benzene rings is 1. The van der Waals surface area contributed by atoms with Crippen LogP contribution in [-0.4, -0.2) is 13.3 Å². The molecule has 24 heavy (non-hydrogen) atoms. The molecule has 1 nitrogen and oxygen atoms in total. The number of hydrogen-bond donors (Lipinski definition) is 0. The fourth-order valence-electron chi connectivity index (χ4n) is 4.22. The zero-order valence-electron chi connectivity index (χ0n) is 16.0. The Morgan fingerprint density at radius 2 is 1.75 bits per heavy atom. The number of nitrogens with zero attached hydrogens (tertiary/aromatic N) is 1. The van der Waals surface area contributed by atoms with E-state index in [0.717, 1.165) is 5.92 Å². The molecule has 3 rings (SSSR count). The summed E-state index contributed by atoms with van der Waals surface area (Å²) in [6.45, 7) is 2.22. The zero-order chi connectivity index (χ0) is 17.3. The molecule has 0 aliphatic heterocycles. The Morgan fingerprint density at radius 1 is 1.08 bits per heavy atom. The molecule has 1 fully saturated rings. The first kappa shape index (κ1) is 17.7. The van der Waals surface area contributed by atoms with Gasteiger partial charge in [0, 0.05) is 0 Å². The molecule has 1 aliphatic rings. The van der Waals surface area contributed by atoms with Crippen molar-refractivity contribution in [2.24, 2.45) is 13.0 Å². The molecular formula is C22H32GeN+. The second-order valence-electron chi connectivity index (χ2n) is 8.63. The molecule has 128 valence electrons. The molecule has 0 radical (unpaired) electrons. The van der Waals surface area contributed by atoms with Gasteiger partial charge in [0.2, 0.25) is 0 Å². The fraction of sp³-hybridized carbons (Fsp3) is 0.500. The minimum atomic E-state index is -1.91. The first-order chi connectivity index (χ1) is 11.4. The van der Waals surface area contributed by atoms with Gasteiger partial charge >= 0.3 is 150 Å². The van der Waals surface area contributed by atoms with Crippen molar-refractivity contribution < 1.29 is 4.57 Å². The van der Waals surface area contributed by atoms with Crippen LogP contribution in [0.15, 0.2) is 36.5 Å². The third kappa shape index (κ3) is 3.77. The van der Waals surface area contributed by atoms with Crippen molar-refractivity contribution in [1.82, 2.24) is 0 Å². The van der Waals surface area contributed by atoms with E-state index in [4.69, 9.17) is 0 Å². The number of aryl methyl sites for hydroxylation is 2. The van der Waals surface area contributed by atoms with Crippen molar-refractivity contribution in [3.8, 4) is 11.3 Å². The fourth-order valence-corrected chi connectivity index (χ4v) is 7.78. The van der Waals surface area contributed by atoms with Crippen LogP contribution >= 0.6 is 0 Å². The molecule has 0 unspecified atom stereocenters. The first-order valence-corrected chi connectivity index (χ1v) is 16.8. The van der Waals surface area contributed by atoms with Gasteiger partial charge in [0.1, 0.15) is 0 Å². The van der Waals surface area contributed by atoms with Crippen LogP contribution in [0.1, 0.15) is 36.8 Å². The predicted octanol–water partition coefficient (Wildman–Crippen LogP) is 4.76. The van der Waals surface area contributed by atoms with E-state index in [2.05, 4.69) is 72.3 Å². The van der Waals surface area contributed by atoms with Crippen LogP contribution in [0, 0.1) is 12.8 Å². The van der Waals surface area contributed by atoms with E-state index in [-0.39, 0.29) is 0 Å². The number of pyridine rings is 1. The van der Waals surface area contributed by atoms with Crippen molar-refractivity contribution in [1.29, 1.82) is 0 Å². The molecule has 2 aromatic rings. The van der Waals surface area contributed by atoms with Crippen LogP contribution in [0.3, 0.4) is 0 Å². The molecule has 1 aromatic carbocycles. The maximum atomic E-state index is 2.54. The Labute approximate surface area is 150 Å². The first-order valence-electron chi connectivity index (χ1n) is 9.45. The van der Waals surface area contributed by atoms with Crippen LogP contribution in [0.4, 0.5) is 0 Å². The summed E-state index contributed by atoms with van der Waals surface area (Å²) in [6, 6.07) is 11.3. The summed E-state index contributed by atoms with van der Waals surface area (Å²) < 4.78 is 4.07. The van der Waals surface area contributed by atoms with Crippen molar-refractivity contribution in [3.63, 3.8) is 0 Å². The van der Waals surface area contributed by atoms with E-state index in [1.807, 2.05) is 0 Å². The molecule has 0 atom stereocenters. The van der Waals surface area contributed by atoms with Crippen molar-refractivity contribution in [3.05, 3.63) is 47.7 Å². The molecule has 0 spiro atoms. The van der Waals surface area contributed by atoms with Crippen LogP contribution in [0.25, 0.3) is 11.3 Å². The summed E-state index contributed by atoms with van der Waals surface area (Å²) in [4.78, 5) is 0. The summed E-state index contributed by atoms with van der Waals surface area (Å²) in [5, 5.41) is 0. The van der Waals surface area contributed by atoms with E-state index in [1.165, 1.54) is 48.9 Å². The third-order valence-electron chi connectivity index (χ3n) is 5.57. The average molecular weight is 383 g/mol. The topological polar surface area (TPSA) is 3.88 Å². The van der Waals surface area contributed by atoms with E-state index in [0.29, 0.717) is 0 Å². The molecule has 2 heteroatoms. The number of aromatic nitrogens is 1. The van der Waals surface area contributed by atoms with Gasteiger partial charge in [-0.3, -0.25) is 0 Å². The van der Waals surface area contributed by atoms with E-state index in [9.17, 15) is 0 Å². The monoisotopic (exact) mass is 384 g/mol. The Balaban J connectivity index is 2.08. The molecular weight excluding hydrogens is 351 g/mol. The van der Waals surface area contributed by atoms with E-state index < -0.39 is 13.3 Å². The van der Waals surface area contributed by atoms with E-state index in [1.54, 1.807) is 9.96 Å². The molecule has 1 saturated carbocycles. The summed E-state index contributed by atoms with van der Waals surface area (Å²) in [7, 11) is 2.22. The van der Waals surface area contributed by atoms with Crippen LogP contribution < -0.4 is 8.96 Å². The second kappa shape index (κ2) is 7.03. The molecule has 0 bridgehead atoms. The standard InChI is InChI=1S/C22H32GeN/c1-17-10-6-9-13-20(17)22-15-21(23(2,3)4)19(16-24(22)5)14-18-11-7-8-12-18/h6,9-10,13,15-16,18H,7-8,11-12,14H2,1-5H3/q+1. The van der Waals surface area contributed by atoms with Crippen molar-refractivity contribution >= 4 is 17.7 Å². The molecule has 1 heterocycles. The third-order valence-corrected chi connectivity index (χ3v) is 9.94. The van der Waals surface area contributed by atoms with Gasteiger partial charge in [-0.2, -0.15) is 0 Å². The van der Waals surface area contributed by atoms with Gasteiger partial charge in [-0.1, -0.05) is 0 Å². The zero-order valence-corrected chi connectivity index (χ0v) is 18.1. The quantitative estimate of drug-likeness (QED) is 0.530. The van der Waals surface area contributed by atoms with Crippen LogP contribution in [0.2, 0.25) is 17.3 Å². The Hall–Kier alpha value is -1.09. The van der Waals surface area contributed by atoms with Gasteiger partial charge in [0.05, 0.1) is 0 Å². The molecule has 1 aromatic heterocycles. The molecule has 0 saturated heterocycles. The summed E-state index contributed by atoms with van der Waals surface area (Å²) in [5.74, 6) is 8.53. The summed E-state index contributed by atoms with van der Waals surface area (Å²) >= 11 is -1.91. The molecule has 1 aliphatic carbocycles. The molecule has 0 amide bonds. The van der Waals surface area contributed by atoms with Gasteiger partial charge in [-0.25, -0.2) is 0 Å². The van der Waals surface area contributed by atoms with E-state index >= 15 is 0 Å². The van der Waals surface area contributed by atoms with Gasteiger partial charge in [0.15, 0.2) is 0 Å². The Morgan fingerprint density at radius 3 is 2.38 bits per heavy atom. The Kier molecular flexibility index (Phi) is 5.20. The van der Waals surface area contributed by atoms with Gasteiger partial charge in [0.25, 0.3) is 0 Å². The number of rotatable bonds is 4. The average Bonchev–Trinajstić information content (AvgIpc) is 3.00. The molecule has 0 N–H and O–H groups in total. The Bertz CT molecular complexity index is 721. The summed E-state index contributed by atoms with van der Waals surface area (Å²) in [6.07, 6.45) is 9.47. The van der Waals surface area contributed by atoms with Crippen LogP contribution in [-0.2, 0) is 13.5 Å². The van der Waals surface area contributed by atoms with Crippen molar-refractivity contribution in [2.45, 2.75) is 56.3 Å². The van der Waals surface area contributed by atoms with Gasteiger partial charge in [-0.15, -0.1) is 0 Å². The summed E-state index contributed by atoms with van der Waals surface area (Å²) in [5.41, 5.74) is 5.75.